The number of thiophene rings is 1. The lowest BCUT2D eigenvalue weighted by molar-refractivity contribution is 0.100. The minimum Gasteiger partial charge on any atom is -0.486 e. The van der Waals surface area contributed by atoms with E-state index in [0.717, 1.165) is 24.5 Å². The maximum absolute atomic E-state index is 11.5. The van der Waals surface area contributed by atoms with Crippen LogP contribution in [0.4, 0.5) is 10.7 Å². The molecule has 7 heteroatoms. The van der Waals surface area contributed by atoms with Crippen LogP contribution < -0.4 is 21.1 Å². The van der Waals surface area contributed by atoms with Crippen LogP contribution in [0.3, 0.4) is 0 Å². The maximum Gasteiger partial charge on any atom is 0.261 e. The molecule has 1 atom stereocenters. The second-order valence-corrected chi connectivity index (χ2v) is 6.86. The van der Waals surface area contributed by atoms with Crippen LogP contribution in [0.1, 0.15) is 29.9 Å². The minimum absolute atomic E-state index is 0.00590. The smallest absolute Gasteiger partial charge is 0.261 e. The molecule has 0 bridgehead atoms. The normalized spacial score (nSPS) is 18.8. The van der Waals surface area contributed by atoms with Gasteiger partial charge in [-0.15, -0.1) is 11.3 Å². The van der Waals surface area contributed by atoms with E-state index >= 15 is 0 Å². The Morgan fingerprint density at radius 3 is 2.62 bits per heavy atom. The fourth-order valence-corrected chi connectivity index (χ4v) is 3.55. The molecule has 1 aromatic heterocycles. The van der Waals surface area contributed by atoms with Gasteiger partial charge >= 0.3 is 0 Å². The first-order chi connectivity index (χ1) is 9.81. The van der Waals surface area contributed by atoms with Crippen molar-refractivity contribution in [3.05, 3.63) is 4.88 Å². The van der Waals surface area contributed by atoms with E-state index in [1.54, 1.807) is 0 Å². The molecule has 0 aromatic carbocycles. The van der Waals surface area contributed by atoms with Crippen molar-refractivity contribution in [3.63, 3.8) is 0 Å². The largest absolute Gasteiger partial charge is 0.486 e. The fraction of sp³-hybridized carbons (Fsp3) is 0.643. The minimum atomic E-state index is -0.499. The molecule has 118 valence electrons. The molecule has 1 fully saturated rings. The topological polar surface area (TPSA) is 84.8 Å². The summed E-state index contributed by atoms with van der Waals surface area (Å²) in [5.41, 5.74) is 11.8. The average Bonchev–Trinajstić information content (AvgIpc) is 2.95. The van der Waals surface area contributed by atoms with Gasteiger partial charge in [-0.3, -0.25) is 4.79 Å². The fourth-order valence-electron chi connectivity index (χ4n) is 2.50. The Morgan fingerprint density at radius 1 is 1.48 bits per heavy atom. The summed E-state index contributed by atoms with van der Waals surface area (Å²) in [7, 11) is 4.16. The summed E-state index contributed by atoms with van der Waals surface area (Å²) >= 11 is 1.33. The van der Waals surface area contributed by atoms with Gasteiger partial charge in [-0.25, -0.2) is 0 Å². The quantitative estimate of drug-likeness (QED) is 0.857. The summed E-state index contributed by atoms with van der Waals surface area (Å²) in [5, 5.41) is 0.916. The molecule has 4 N–H and O–H groups in total. The van der Waals surface area contributed by atoms with Crippen molar-refractivity contribution in [2.75, 3.05) is 37.8 Å². The number of anilines is 2. The summed E-state index contributed by atoms with van der Waals surface area (Å²) in [6, 6.07) is 0.497. The van der Waals surface area contributed by atoms with Gasteiger partial charge in [-0.2, -0.15) is 0 Å². The van der Waals surface area contributed by atoms with Gasteiger partial charge in [0.2, 0.25) is 0 Å². The van der Waals surface area contributed by atoms with Gasteiger partial charge in [0.15, 0.2) is 5.75 Å². The van der Waals surface area contributed by atoms with Crippen molar-refractivity contribution in [1.29, 1.82) is 0 Å². The summed E-state index contributed by atoms with van der Waals surface area (Å²) in [6.45, 7) is 5.71. The van der Waals surface area contributed by atoms with Crippen molar-refractivity contribution < 1.29 is 9.53 Å². The molecule has 1 saturated heterocycles. The Labute approximate surface area is 129 Å². The van der Waals surface area contributed by atoms with E-state index < -0.39 is 5.91 Å². The first-order valence-corrected chi connectivity index (χ1v) is 7.93. The predicted molar refractivity (Wildman–Crippen MR) is 87.3 cm³/mol. The third-order valence-corrected chi connectivity index (χ3v) is 4.90. The first kappa shape index (κ1) is 15.9. The molecule has 0 aliphatic carbocycles. The van der Waals surface area contributed by atoms with E-state index in [0.29, 0.717) is 22.4 Å². The van der Waals surface area contributed by atoms with Gasteiger partial charge in [0, 0.05) is 19.1 Å². The third kappa shape index (κ3) is 3.24. The monoisotopic (exact) mass is 312 g/mol. The van der Waals surface area contributed by atoms with E-state index in [4.69, 9.17) is 16.2 Å². The molecule has 1 amide bonds. The van der Waals surface area contributed by atoms with Crippen LogP contribution in [0.25, 0.3) is 0 Å². The molecule has 1 aliphatic rings. The number of carbonyl (C=O) groups excluding carboxylic acids is 1. The molecule has 0 saturated carbocycles. The van der Waals surface area contributed by atoms with Crippen LogP contribution in [0.5, 0.6) is 5.75 Å². The first-order valence-electron chi connectivity index (χ1n) is 7.11. The molecule has 2 heterocycles. The number of primary amides is 1. The van der Waals surface area contributed by atoms with E-state index in [1.165, 1.54) is 11.3 Å². The van der Waals surface area contributed by atoms with Gasteiger partial charge in [0.1, 0.15) is 15.6 Å². The van der Waals surface area contributed by atoms with E-state index in [-0.39, 0.29) is 6.10 Å². The average molecular weight is 312 g/mol. The van der Waals surface area contributed by atoms with Gasteiger partial charge in [0.25, 0.3) is 5.91 Å². The Morgan fingerprint density at radius 2 is 2.14 bits per heavy atom. The van der Waals surface area contributed by atoms with Gasteiger partial charge in [-0.05, 0) is 34.4 Å². The van der Waals surface area contributed by atoms with Crippen molar-refractivity contribution in [2.45, 2.75) is 32.4 Å². The number of ether oxygens (including phenoxy) is 1. The zero-order chi connectivity index (χ0) is 15.7. The second kappa shape index (κ2) is 6.11. The highest BCUT2D eigenvalue weighted by atomic mass is 32.1. The summed E-state index contributed by atoms with van der Waals surface area (Å²) < 4.78 is 5.84. The number of amides is 1. The van der Waals surface area contributed by atoms with E-state index in [2.05, 4.69) is 23.9 Å². The van der Waals surface area contributed by atoms with E-state index in [1.807, 2.05) is 13.8 Å². The zero-order valence-corrected chi connectivity index (χ0v) is 13.9. The lowest BCUT2D eigenvalue weighted by atomic mass is 10.2. The number of carbonyl (C=O) groups is 1. The summed E-state index contributed by atoms with van der Waals surface area (Å²) in [5.74, 6) is 0.101. The lowest BCUT2D eigenvalue weighted by Crippen LogP contribution is -2.31. The number of hydrogen-bond acceptors (Lipinski definition) is 6. The Balaban J connectivity index is 2.34. The number of rotatable bonds is 5. The molecule has 1 unspecified atom stereocenters. The van der Waals surface area contributed by atoms with Gasteiger partial charge in [0.05, 0.1) is 6.10 Å². The van der Waals surface area contributed by atoms with E-state index in [9.17, 15) is 4.79 Å². The maximum atomic E-state index is 11.5. The van der Waals surface area contributed by atoms with Gasteiger partial charge in [-0.1, -0.05) is 0 Å². The molecule has 0 radical (unpaired) electrons. The highest BCUT2D eigenvalue weighted by Crippen LogP contribution is 2.46. The third-order valence-electron chi connectivity index (χ3n) is 3.64. The van der Waals surface area contributed by atoms with Crippen LogP contribution in [0.2, 0.25) is 0 Å². The SMILES string of the molecule is CC(C)Oc1c(N2CCC(N(C)C)C2)sc(C(N)=O)c1N. The lowest BCUT2D eigenvalue weighted by Gasteiger charge is -2.22. The zero-order valence-electron chi connectivity index (χ0n) is 13.0. The van der Waals surface area contributed by atoms with Crippen LogP contribution in [0, 0.1) is 0 Å². The number of hydrogen-bond donors (Lipinski definition) is 2. The van der Waals surface area contributed by atoms with Crippen molar-refractivity contribution in [1.82, 2.24) is 4.90 Å². The van der Waals surface area contributed by atoms with Crippen molar-refractivity contribution in [3.8, 4) is 5.75 Å². The Hall–Kier alpha value is -1.47. The molecule has 0 spiro atoms. The standard InChI is InChI=1S/C14H24N4O2S/c1-8(2)20-11-10(15)12(13(16)19)21-14(11)18-6-5-9(7-18)17(3)4/h8-9H,5-7,15H2,1-4H3,(H2,16,19). The van der Waals surface area contributed by atoms with Crippen LogP contribution in [-0.2, 0) is 0 Å². The summed E-state index contributed by atoms with van der Waals surface area (Å²) in [6.07, 6.45) is 1.08. The van der Waals surface area contributed by atoms with Crippen LogP contribution in [0.15, 0.2) is 0 Å². The molecular weight excluding hydrogens is 288 g/mol. The molecule has 1 aliphatic heterocycles. The number of nitrogens with zero attached hydrogens (tertiary/aromatic N) is 2. The molecule has 2 rings (SSSR count). The van der Waals surface area contributed by atoms with Crippen LogP contribution in [-0.4, -0.2) is 50.1 Å². The molecule has 1 aromatic rings. The second-order valence-electron chi connectivity index (χ2n) is 5.86. The Kier molecular flexibility index (Phi) is 4.63. The molecule has 21 heavy (non-hydrogen) atoms. The molecular formula is C14H24N4O2S. The highest BCUT2D eigenvalue weighted by molar-refractivity contribution is 7.19. The van der Waals surface area contributed by atoms with Gasteiger partial charge < -0.3 is 26.0 Å². The van der Waals surface area contributed by atoms with Crippen molar-refractivity contribution in [2.24, 2.45) is 5.73 Å². The van der Waals surface area contributed by atoms with Crippen LogP contribution >= 0.6 is 11.3 Å². The van der Waals surface area contributed by atoms with Crippen molar-refractivity contribution >= 4 is 27.9 Å². The number of likely N-dealkylation sites (N-methyl/N-ethyl adjacent to an activating group) is 1. The number of nitrogens with two attached hydrogens (primary N) is 2. The predicted octanol–water partition coefficient (Wildman–Crippen LogP) is 1.36. The molecule has 6 nitrogen and oxygen atoms in total. The summed E-state index contributed by atoms with van der Waals surface area (Å²) in [4.78, 5) is 16.4. The Bertz CT molecular complexity index is 527. The highest BCUT2D eigenvalue weighted by Gasteiger charge is 2.31. The number of nitrogen functional groups attached to an aromatic ring is 1.